The summed E-state index contributed by atoms with van der Waals surface area (Å²) >= 11 is 0. The topological polar surface area (TPSA) is 30.5 Å². The molecule has 1 aliphatic rings. The third-order valence-electron chi connectivity index (χ3n) is 3.54. The SMILES string of the molecule is CCCC(C)COCC1CCC(CNC(C)(C)C)O1. The highest BCUT2D eigenvalue weighted by Crippen LogP contribution is 2.20. The van der Waals surface area contributed by atoms with Crippen LogP contribution in [-0.2, 0) is 9.47 Å². The third kappa shape index (κ3) is 7.91. The molecule has 0 aliphatic carbocycles. The average molecular weight is 271 g/mol. The lowest BCUT2D eigenvalue weighted by molar-refractivity contribution is -0.0226. The molecule has 0 amide bonds. The highest BCUT2D eigenvalue weighted by atomic mass is 16.5. The zero-order valence-corrected chi connectivity index (χ0v) is 13.5. The molecular weight excluding hydrogens is 238 g/mol. The number of hydrogen-bond acceptors (Lipinski definition) is 3. The Balaban J connectivity index is 2.08. The highest BCUT2D eigenvalue weighted by Gasteiger charge is 2.26. The van der Waals surface area contributed by atoms with Gasteiger partial charge in [0, 0.05) is 18.7 Å². The van der Waals surface area contributed by atoms with Crippen molar-refractivity contribution in [3.8, 4) is 0 Å². The van der Waals surface area contributed by atoms with E-state index < -0.39 is 0 Å². The molecule has 1 rings (SSSR count). The van der Waals surface area contributed by atoms with Crippen molar-refractivity contribution >= 4 is 0 Å². The predicted octanol–water partition coefficient (Wildman–Crippen LogP) is 3.37. The van der Waals surface area contributed by atoms with E-state index in [0.717, 1.165) is 32.6 Å². The summed E-state index contributed by atoms with van der Waals surface area (Å²) in [5.74, 6) is 0.671. The first-order chi connectivity index (χ1) is 8.90. The molecule has 1 saturated heterocycles. The molecule has 1 N–H and O–H groups in total. The Kier molecular flexibility index (Phi) is 7.33. The molecule has 1 aliphatic heterocycles. The first-order valence-electron chi connectivity index (χ1n) is 7.89. The van der Waals surface area contributed by atoms with E-state index in [2.05, 4.69) is 39.9 Å². The maximum atomic E-state index is 6.01. The molecule has 0 radical (unpaired) electrons. The molecule has 3 unspecified atom stereocenters. The van der Waals surface area contributed by atoms with Crippen molar-refractivity contribution < 1.29 is 9.47 Å². The number of rotatable bonds is 8. The Bertz CT molecular complexity index is 237. The van der Waals surface area contributed by atoms with Gasteiger partial charge in [-0.05, 0) is 46.0 Å². The summed E-state index contributed by atoms with van der Waals surface area (Å²) in [7, 11) is 0. The van der Waals surface area contributed by atoms with Crippen LogP contribution in [-0.4, -0.2) is 37.5 Å². The Hall–Kier alpha value is -0.120. The lowest BCUT2D eigenvalue weighted by Gasteiger charge is -2.23. The molecule has 19 heavy (non-hydrogen) atoms. The van der Waals surface area contributed by atoms with Crippen LogP contribution in [0.25, 0.3) is 0 Å². The van der Waals surface area contributed by atoms with Gasteiger partial charge in [-0.3, -0.25) is 0 Å². The fourth-order valence-corrected chi connectivity index (χ4v) is 2.45. The van der Waals surface area contributed by atoms with Crippen molar-refractivity contribution in [2.75, 3.05) is 19.8 Å². The molecule has 1 heterocycles. The van der Waals surface area contributed by atoms with Crippen molar-refractivity contribution in [1.29, 1.82) is 0 Å². The van der Waals surface area contributed by atoms with Gasteiger partial charge >= 0.3 is 0 Å². The van der Waals surface area contributed by atoms with E-state index in [1.54, 1.807) is 0 Å². The quantitative estimate of drug-likeness (QED) is 0.734. The maximum Gasteiger partial charge on any atom is 0.0813 e. The Morgan fingerprint density at radius 3 is 2.58 bits per heavy atom. The molecule has 0 aromatic heterocycles. The molecule has 0 spiro atoms. The van der Waals surface area contributed by atoms with E-state index in [1.807, 2.05) is 0 Å². The van der Waals surface area contributed by atoms with Crippen LogP contribution in [0.15, 0.2) is 0 Å². The zero-order valence-electron chi connectivity index (χ0n) is 13.5. The van der Waals surface area contributed by atoms with Crippen LogP contribution in [0.5, 0.6) is 0 Å². The molecule has 3 atom stereocenters. The summed E-state index contributed by atoms with van der Waals surface area (Å²) in [6.07, 6.45) is 5.45. The molecule has 0 saturated carbocycles. The summed E-state index contributed by atoms with van der Waals surface area (Å²) in [6.45, 7) is 13.6. The molecule has 0 aromatic carbocycles. The van der Waals surface area contributed by atoms with Crippen molar-refractivity contribution in [2.24, 2.45) is 5.92 Å². The van der Waals surface area contributed by atoms with Crippen molar-refractivity contribution in [3.63, 3.8) is 0 Å². The Morgan fingerprint density at radius 2 is 1.95 bits per heavy atom. The van der Waals surface area contributed by atoms with Crippen LogP contribution in [0, 0.1) is 5.92 Å². The van der Waals surface area contributed by atoms with E-state index in [1.165, 1.54) is 12.8 Å². The minimum Gasteiger partial charge on any atom is -0.378 e. The van der Waals surface area contributed by atoms with E-state index in [-0.39, 0.29) is 5.54 Å². The summed E-state index contributed by atoms with van der Waals surface area (Å²) in [6, 6.07) is 0. The van der Waals surface area contributed by atoms with Gasteiger partial charge < -0.3 is 14.8 Å². The van der Waals surface area contributed by atoms with Gasteiger partial charge in [0.15, 0.2) is 0 Å². The van der Waals surface area contributed by atoms with Crippen LogP contribution in [0.3, 0.4) is 0 Å². The second-order valence-electron chi connectivity index (χ2n) is 7.02. The van der Waals surface area contributed by atoms with Gasteiger partial charge in [-0.1, -0.05) is 20.3 Å². The van der Waals surface area contributed by atoms with Gasteiger partial charge in [0.2, 0.25) is 0 Å². The molecule has 1 fully saturated rings. The van der Waals surface area contributed by atoms with Gasteiger partial charge in [0.1, 0.15) is 0 Å². The van der Waals surface area contributed by atoms with Crippen molar-refractivity contribution in [1.82, 2.24) is 5.32 Å². The molecule has 114 valence electrons. The average Bonchev–Trinajstić information content (AvgIpc) is 2.74. The van der Waals surface area contributed by atoms with Crippen LogP contribution < -0.4 is 5.32 Å². The van der Waals surface area contributed by atoms with Gasteiger partial charge in [0.05, 0.1) is 18.8 Å². The van der Waals surface area contributed by atoms with E-state index >= 15 is 0 Å². The normalized spacial score (nSPS) is 25.7. The predicted molar refractivity (Wildman–Crippen MR) is 80.5 cm³/mol. The van der Waals surface area contributed by atoms with Gasteiger partial charge in [-0.2, -0.15) is 0 Å². The number of ether oxygens (including phenoxy) is 2. The van der Waals surface area contributed by atoms with E-state index in [4.69, 9.17) is 9.47 Å². The molecule has 0 aromatic rings. The van der Waals surface area contributed by atoms with Crippen LogP contribution >= 0.6 is 0 Å². The van der Waals surface area contributed by atoms with Gasteiger partial charge in [0.25, 0.3) is 0 Å². The van der Waals surface area contributed by atoms with Crippen molar-refractivity contribution in [3.05, 3.63) is 0 Å². The second-order valence-corrected chi connectivity index (χ2v) is 7.02. The fourth-order valence-electron chi connectivity index (χ4n) is 2.45. The highest BCUT2D eigenvalue weighted by molar-refractivity contribution is 4.79. The first-order valence-corrected chi connectivity index (χ1v) is 7.89. The van der Waals surface area contributed by atoms with Gasteiger partial charge in [-0.15, -0.1) is 0 Å². The summed E-state index contributed by atoms with van der Waals surface area (Å²) in [5.41, 5.74) is 0.174. The Morgan fingerprint density at radius 1 is 1.26 bits per heavy atom. The molecule has 3 nitrogen and oxygen atoms in total. The first kappa shape index (κ1) is 16.9. The second kappa shape index (κ2) is 8.23. The number of hydrogen-bond donors (Lipinski definition) is 1. The summed E-state index contributed by atoms with van der Waals surface area (Å²) < 4.78 is 11.8. The minimum absolute atomic E-state index is 0.174. The lowest BCUT2D eigenvalue weighted by Crippen LogP contribution is -2.41. The summed E-state index contributed by atoms with van der Waals surface area (Å²) in [5, 5.41) is 3.51. The molecule has 3 heteroatoms. The Labute approximate surface area is 119 Å². The molecular formula is C16H33NO2. The minimum atomic E-state index is 0.174. The molecule has 0 bridgehead atoms. The van der Waals surface area contributed by atoms with Gasteiger partial charge in [-0.25, -0.2) is 0 Å². The maximum absolute atomic E-state index is 6.01. The van der Waals surface area contributed by atoms with E-state index in [9.17, 15) is 0 Å². The van der Waals surface area contributed by atoms with E-state index in [0.29, 0.717) is 18.1 Å². The largest absolute Gasteiger partial charge is 0.378 e. The lowest BCUT2D eigenvalue weighted by atomic mass is 10.1. The zero-order chi connectivity index (χ0) is 14.3. The van der Waals surface area contributed by atoms with Crippen molar-refractivity contribution in [2.45, 2.75) is 78.0 Å². The van der Waals surface area contributed by atoms with Crippen LogP contribution in [0.1, 0.15) is 60.3 Å². The monoisotopic (exact) mass is 271 g/mol. The summed E-state index contributed by atoms with van der Waals surface area (Å²) in [4.78, 5) is 0. The van der Waals surface area contributed by atoms with Crippen LogP contribution in [0.4, 0.5) is 0 Å². The standard InChI is InChI=1S/C16H33NO2/c1-6-7-13(2)11-18-12-15-9-8-14(19-15)10-17-16(3,4)5/h13-15,17H,6-12H2,1-5H3. The fraction of sp³-hybridized carbons (Fsp3) is 1.00. The smallest absolute Gasteiger partial charge is 0.0813 e. The number of nitrogens with one attached hydrogen (secondary N) is 1. The third-order valence-corrected chi connectivity index (χ3v) is 3.54. The van der Waals surface area contributed by atoms with Crippen LogP contribution in [0.2, 0.25) is 0 Å².